The molecule has 7 heteroatoms. The van der Waals surface area contributed by atoms with E-state index in [0.717, 1.165) is 29.0 Å². The van der Waals surface area contributed by atoms with Gasteiger partial charge < -0.3 is 14.8 Å². The number of thiophene rings is 1. The Balaban J connectivity index is 1.56. The minimum atomic E-state index is -0.178. The van der Waals surface area contributed by atoms with Crippen molar-refractivity contribution in [3.05, 3.63) is 44.6 Å². The van der Waals surface area contributed by atoms with Gasteiger partial charge in [0.15, 0.2) is 5.78 Å². The topological polar surface area (TPSA) is 64.6 Å². The Morgan fingerprint density at radius 1 is 1.33 bits per heavy atom. The van der Waals surface area contributed by atoms with E-state index in [-0.39, 0.29) is 30.6 Å². The first-order valence-corrected chi connectivity index (χ1v) is 10.2. The van der Waals surface area contributed by atoms with Crippen LogP contribution in [0.3, 0.4) is 0 Å². The second-order valence-corrected chi connectivity index (χ2v) is 8.15. The molecular formula is C20H22ClNO4S. The summed E-state index contributed by atoms with van der Waals surface area (Å²) in [6, 6.07) is 7.30. The molecule has 1 atom stereocenters. The Kier molecular flexibility index (Phi) is 6.39. The van der Waals surface area contributed by atoms with Crippen molar-refractivity contribution < 1.29 is 19.1 Å². The molecule has 2 heterocycles. The van der Waals surface area contributed by atoms with Crippen molar-refractivity contribution in [3.8, 4) is 11.5 Å². The molecule has 0 saturated carbocycles. The van der Waals surface area contributed by atoms with Gasteiger partial charge in [-0.25, -0.2) is 0 Å². The van der Waals surface area contributed by atoms with Crippen LogP contribution in [0.4, 0.5) is 0 Å². The molecule has 1 aromatic carbocycles. The molecule has 0 spiro atoms. The number of amides is 1. The van der Waals surface area contributed by atoms with Crippen LogP contribution in [0.25, 0.3) is 0 Å². The van der Waals surface area contributed by atoms with Crippen molar-refractivity contribution in [3.63, 3.8) is 0 Å². The summed E-state index contributed by atoms with van der Waals surface area (Å²) >= 11 is 7.07. The van der Waals surface area contributed by atoms with E-state index in [1.54, 1.807) is 12.1 Å². The number of ether oxygens (including phenoxy) is 2. The van der Waals surface area contributed by atoms with Crippen LogP contribution in [0, 0.1) is 0 Å². The molecule has 1 N–H and O–H groups in total. The van der Waals surface area contributed by atoms with Crippen molar-refractivity contribution >= 4 is 34.6 Å². The van der Waals surface area contributed by atoms with E-state index < -0.39 is 0 Å². The average molecular weight is 408 g/mol. The largest absolute Gasteiger partial charge is 0.494 e. The first kappa shape index (κ1) is 19.7. The number of rotatable bonds is 8. The Morgan fingerprint density at radius 3 is 2.85 bits per heavy atom. The van der Waals surface area contributed by atoms with Crippen LogP contribution in [0.1, 0.15) is 47.5 Å². The minimum Gasteiger partial charge on any atom is -0.494 e. The average Bonchev–Trinajstić information content (AvgIpc) is 3.22. The molecule has 3 rings (SSSR count). The van der Waals surface area contributed by atoms with Gasteiger partial charge in [-0.3, -0.25) is 9.59 Å². The number of Topliss-reactive ketones (excluding diaryl/α,β-unsaturated/α-hetero) is 1. The van der Waals surface area contributed by atoms with Gasteiger partial charge in [0, 0.05) is 36.9 Å². The first-order valence-electron chi connectivity index (χ1n) is 8.96. The zero-order valence-corrected chi connectivity index (χ0v) is 16.9. The van der Waals surface area contributed by atoms with Crippen LogP contribution >= 0.6 is 22.9 Å². The Labute approximate surface area is 167 Å². The van der Waals surface area contributed by atoms with Gasteiger partial charge in [0.05, 0.1) is 15.8 Å². The molecule has 1 aromatic heterocycles. The molecule has 0 radical (unpaired) electrons. The van der Waals surface area contributed by atoms with Crippen LogP contribution in [0.15, 0.2) is 24.3 Å². The van der Waals surface area contributed by atoms with E-state index in [4.69, 9.17) is 21.1 Å². The molecule has 0 fully saturated rings. The molecule has 144 valence electrons. The second kappa shape index (κ2) is 8.76. The summed E-state index contributed by atoms with van der Waals surface area (Å²) in [6.07, 6.45) is 1.30. The molecule has 5 nitrogen and oxygen atoms in total. The summed E-state index contributed by atoms with van der Waals surface area (Å²) in [5, 5.41) is 2.86. The lowest BCUT2D eigenvalue weighted by Crippen LogP contribution is -2.23. The van der Waals surface area contributed by atoms with Gasteiger partial charge in [0.1, 0.15) is 17.6 Å². The van der Waals surface area contributed by atoms with Crippen molar-refractivity contribution in [1.82, 2.24) is 5.32 Å². The third-order valence-electron chi connectivity index (χ3n) is 4.28. The predicted octanol–water partition coefficient (Wildman–Crippen LogP) is 4.40. The summed E-state index contributed by atoms with van der Waals surface area (Å²) in [6.45, 7) is 4.84. The highest BCUT2D eigenvalue weighted by atomic mass is 35.5. The third-order valence-corrected chi connectivity index (χ3v) is 5.55. The number of nitrogens with one attached hydrogen (secondary N) is 1. The fourth-order valence-electron chi connectivity index (χ4n) is 3.01. The molecule has 1 amide bonds. The number of ketones is 1. The smallest absolute Gasteiger partial charge is 0.220 e. The number of hydrogen-bond donors (Lipinski definition) is 1. The number of hydrogen-bond acceptors (Lipinski definition) is 5. The highest BCUT2D eigenvalue weighted by molar-refractivity contribution is 7.18. The maximum absolute atomic E-state index is 12.2. The van der Waals surface area contributed by atoms with Crippen molar-refractivity contribution in [2.24, 2.45) is 0 Å². The number of fused-ring (bicyclic) bond motifs is 1. The maximum Gasteiger partial charge on any atom is 0.220 e. The zero-order valence-electron chi connectivity index (χ0n) is 15.3. The molecule has 27 heavy (non-hydrogen) atoms. The monoisotopic (exact) mass is 407 g/mol. The lowest BCUT2D eigenvalue weighted by atomic mass is 10.1. The number of carbonyl (C=O) groups is 2. The van der Waals surface area contributed by atoms with Gasteiger partial charge in [0.25, 0.3) is 0 Å². The predicted molar refractivity (Wildman–Crippen MR) is 106 cm³/mol. The Hall–Kier alpha value is -2.05. The molecule has 0 saturated heterocycles. The quantitative estimate of drug-likeness (QED) is 0.658. The first-order chi connectivity index (χ1) is 13.0. The molecule has 0 bridgehead atoms. The number of benzene rings is 1. The fraction of sp³-hybridized carbons (Fsp3) is 0.400. The summed E-state index contributed by atoms with van der Waals surface area (Å²) in [5.74, 6) is 1.36. The summed E-state index contributed by atoms with van der Waals surface area (Å²) in [4.78, 5) is 24.8. The molecule has 1 aliphatic heterocycles. The lowest BCUT2D eigenvalue weighted by Gasteiger charge is -2.13. The molecule has 0 aliphatic carbocycles. The van der Waals surface area contributed by atoms with E-state index in [1.807, 2.05) is 26.0 Å². The third kappa shape index (κ3) is 5.02. The van der Waals surface area contributed by atoms with Gasteiger partial charge in [-0.15, -0.1) is 11.3 Å². The lowest BCUT2D eigenvalue weighted by molar-refractivity contribution is -0.121. The SMILES string of the molecule is CCOc1cc2c(cc1CNC(=O)CCC(=O)c1ccc(Cl)s1)OC(C)C2. The van der Waals surface area contributed by atoms with E-state index in [1.165, 1.54) is 11.3 Å². The molecule has 2 aromatic rings. The summed E-state index contributed by atoms with van der Waals surface area (Å²) in [7, 11) is 0. The fourth-order valence-corrected chi connectivity index (χ4v) is 4.02. The van der Waals surface area contributed by atoms with E-state index in [0.29, 0.717) is 22.4 Å². The van der Waals surface area contributed by atoms with Gasteiger partial charge in [0.2, 0.25) is 5.91 Å². The number of carbonyl (C=O) groups excluding carboxylic acids is 2. The van der Waals surface area contributed by atoms with Crippen LogP contribution in [-0.2, 0) is 17.8 Å². The normalized spacial score (nSPS) is 15.1. The van der Waals surface area contributed by atoms with Gasteiger partial charge in [-0.1, -0.05) is 11.6 Å². The highest BCUT2D eigenvalue weighted by Gasteiger charge is 2.22. The van der Waals surface area contributed by atoms with Crippen molar-refractivity contribution in [2.45, 2.75) is 45.8 Å². The van der Waals surface area contributed by atoms with Crippen molar-refractivity contribution in [1.29, 1.82) is 0 Å². The van der Waals surface area contributed by atoms with Gasteiger partial charge in [-0.05, 0) is 38.1 Å². The van der Waals surface area contributed by atoms with Crippen LogP contribution < -0.4 is 14.8 Å². The second-order valence-electron chi connectivity index (χ2n) is 6.44. The zero-order chi connectivity index (χ0) is 19.4. The van der Waals surface area contributed by atoms with Crippen LogP contribution in [-0.4, -0.2) is 24.4 Å². The van der Waals surface area contributed by atoms with E-state index in [2.05, 4.69) is 5.32 Å². The van der Waals surface area contributed by atoms with E-state index in [9.17, 15) is 9.59 Å². The number of halogens is 1. The van der Waals surface area contributed by atoms with Gasteiger partial charge >= 0.3 is 0 Å². The van der Waals surface area contributed by atoms with Crippen molar-refractivity contribution in [2.75, 3.05) is 6.61 Å². The van der Waals surface area contributed by atoms with E-state index >= 15 is 0 Å². The summed E-state index contributed by atoms with van der Waals surface area (Å²) in [5.41, 5.74) is 2.00. The highest BCUT2D eigenvalue weighted by Crippen LogP contribution is 2.35. The van der Waals surface area contributed by atoms with Gasteiger partial charge in [-0.2, -0.15) is 0 Å². The van der Waals surface area contributed by atoms with Crippen LogP contribution in [0.2, 0.25) is 4.34 Å². The molecule has 1 aliphatic rings. The van der Waals surface area contributed by atoms with Crippen LogP contribution in [0.5, 0.6) is 11.5 Å². The minimum absolute atomic E-state index is 0.0722. The Bertz CT molecular complexity index is 849. The standard InChI is InChI=1S/C20H22ClNO4S/c1-3-25-16-9-13-8-12(2)26-17(13)10-14(16)11-22-20(24)7-4-15(23)18-5-6-19(21)27-18/h5-6,9-10,12H,3-4,7-8,11H2,1-2H3,(H,22,24). The molecular weight excluding hydrogens is 386 g/mol. The summed E-state index contributed by atoms with van der Waals surface area (Å²) < 4.78 is 12.1. The molecule has 1 unspecified atom stereocenters. The Morgan fingerprint density at radius 2 is 2.15 bits per heavy atom. The maximum atomic E-state index is 12.2.